The number of hydrogen-bond acceptors (Lipinski definition) is 9. The maximum Gasteiger partial charge on any atom is 0.248 e. The summed E-state index contributed by atoms with van der Waals surface area (Å²) in [7, 11) is -3.70. The van der Waals surface area contributed by atoms with Gasteiger partial charge in [0.05, 0.1) is 11.8 Å². The van der Waals surface area contributed by atoms with Crippen molar-refractivity contribution in [3.05, 3.63) is 11.5 Å². The molecule has 1 amide bonds. The maximum atomic E-state index is 13.0. The van der Waals surface area contributed by atoms with E-state index < -0.39 is 10.0 Å². The Labute approximate surface area is 172 Å². The van der Waals surface area contributed by atoms with Crippen molar-refractivity contribution in [2.75, 3.05) is 31.9 Å². The Morgan fingerprint density at radius 2 is 2.00 bits per heavy atom. The number of rotatable bonds is 6. The Hall–Kier alpha value is -1.99. The molecule has 0 N–H and O–H groups in total. The van der Waals surface area contributed by atoms with Gasteiger partial charge in [-0.15, -0.1) is 5.10 Å². The second-order valence-electron chi connectivity index (χ2n) is 7.22. The fourth-order valence-electron chi connectivity index (χ4n) is 3.40. The van der Waals surface area contributed by atoms with Gasteiger partial charge in [0.25, 0.3) is 0 Å². The molecular formula is C16H23N7O4S2. The van der Waals surface area contributed by atoms with Crippen LogP contribution in [0.15, 0.2) is 14.6 Å². The van der Waals surface area contributed by atoms with Crippen LogP contribution in [0, 0.1) is 13.8 Å². The Kier molecular flexibility index (Phi) is 5.62. The minimum Gasteiger partial charge on any atom is -0.360 e. The lowest BCUT2D eigenvalue weighted by Gasteiger charge is -2.21. The third-order valence-corrected chi connectivity index (χ3v) is 8.12. The molecule has 0 radical (unpaired) electrons. The highest BCUT2D eigenvalue weighted by molar-refractivity contribution is 7.99. The summed E-state index contributed by atoms with van der Waals surface area (Å²) in [5.41, 5.74) is 0.351. The van der Waals surface area contributed by atoms with Gasteiger partial charge in [-0.3, -0.25) is 4.79 Å². The van der Waals surface area contributed by atoms with Crippen LogP contribution in [-0.4, -0.2) is 80.8 Å². The summed E-state index contributed by atoms with van der Waals surface area (Å²) in [6, 6.07) is 0.351. The van der Waals surface area contributed by atoms with E-state index in [1.54, 1.807) is 23.4 Å². The van der Waals surface area contributed by atoms with Gasteiger partial charge in [-0.05, 0) is 43.5 Å². The molecule has 13 heteroatoms. The Balaban J connectivity index is 1.37. The van der Waals surface area contributed by atoms with Crippen molar-refractivity contribution in [3.63, 3.8) is 0 Å². The molecular weight excluding hydrogens is 418 g/mol. The summed E-state index contributed by atoms with van der Waals surface area (Å²) in [6.45, 7) is 4.65. The molecule has 1 saturated carbocycles. The van der Waals surface area contributed by atoms with Crippen molar-refractivity contribution >= 4 is 27.7 Å². The van der Waals surface area contributed by atoms with Crippen LogP contribution in [0.4, 0.5) is 0 Å². The first-order valence-corrected chi connectivity index (χ1v) is 11.9. The Morgan fingerprint density at radius 3 is 2.69 bits per heavy atom. The summed E-state index contributed by atoms with van der Waals surface area (Å²) in [5.74, 6) is 0.463. The zero-order chi connectivity index (χ0) is 20.6. The quantitative estimate of drug-likeness (QED) is 0.593. The van der Waals surface area contributed by atoms with E-state index in [1.165, 1.54) is 16.1 Å². The number of nitrogens with zero attached hydrogens (tertiary/aromatic N) is 7. The number of aryl methyl sites for hydroxylation is 2. The fourth-order valence-corrected chi connectivity index (χ4v) is 6.01. The van der Waals surface area contributed by atoms with E-state index in [4.69, 9.17) is 4.52 Å². The van der Waals surface area contributed by atoms with Crippen LogP contribution in [0.5, 0.6) is 0 Å². The largest absolute Gasteiger partial charge is 0.360 e. The van der Waals surface area contributed by atoms with Gasteiger partial charge < -0.3 is 9.42 Å². The maximum absolute atomic E-state index is 13.0. The molecule has 11 nitrogen and oxygen atoms in total. The van der Waals surface area contributed by atoms with Crippen molar-refractivity contribution in [2.24, 2.45) is 0 Å². The molecule has 2 aliphatic rings. The van der Waals surface area contributed by atoms with E-state index in [-0.39, 0.29) is 28.9 Å². The SMILES string of the molecule is Cc1noc(C)c1S(=O)(=O)N1CCCN(C(=O)CSc2nnnn2C2CC2)CC1. The van der Waals surface area contributed by atoms with E-state index in [9.17, 15) is 13.2 Å². The summed E-state index contributed by atoms with van der Waals surface area (Å²) < 4.78 is 34.2. The molecule has 4 rings (SSSR count). The minimum atomic E-state index is -3.70. The summed E-state index contributed by atoms with van der Waals surface area (Å²) in [5, 5.41) is 16.1. The van der Waals surface area contributed by atoms with Gasteiger partial charge in [-0.2, -0.15) is 4.31 Å². The molecule has 0 unspecified atom stereocenters. The van der Waals surface area contributed by atoms with E-state index in [2.05, 4.69) is 20.7 Å². The first kappa shape index (κ1) is 20.3. The number of aromatic nitrogens is 5. The Bertz CT molecular complexity index is 979. The predicted octanol–water partition coefficient (Wildman–Crippen LogP) is 0.628. The average molecular weight is 442 g/mol. The van der Waals surface area contributed by atoms with Crippen LogP contribution < -0.4 is 0 Å². The lowest BCUT2D eigenvalue weighted by Crippen LogP contribution is -2.38. The van der Waals surface area contributed by atoms with Crippen LogP contribution in [0.3, 0.4) is 0 Å². The first-order valence-electron chi connectivity index (χ1n) is 9.49. The number of carbonyl (C=O) groups excluding carboxylic acids is 1. The van der Waals surface area contributed by atoms with Crippen LogP contribution in [0.1, 0.15) is 36.8 Å². The highest BCUT2D eigenvalue weighted by atomic mass is 32.2. The summed E-state index contributed by atoms with van der Waals surface area (Å²) in [6.07, 6.45) is 2.70. The van der Waals surface area contributed by atoms with E-state index in [1.807, 2.05) is 0 Å². The average Bonchev–Trinajstić information content (AvgIpc) is 3.39. The zero-order valence-electron chi connectivity index (χ0n) is 16.3. The second-order valence-corrected chi connectivity index (χ2v) is 10.0. The van der Waals surface area contributed by atoms with Crippen LogP contribution in [0.2, 0.25) is 0 Å². The van der Waals surface area contributed by atoms with Gasteiger partial charge in [0.1, 0.15) is 10.6 Å². The molecule has 1 aliphatic heterocycles. The standard InChI is InChI=1S/C16H23N7O4S2/c1-11-15(12(2)27-18-11)29(25,26)22-7-3-6-21(8-9-22)14(24)10-28-16-17-19-20-23(16)13-4-5-13/h13H,3-10H2,1-2H3. The van der Waals surface area contributed by atoms with Crippen molar-refractivity contribution in [3.8, 4) is 0 Å². The highest BCUT2D eigenvalue weighted by Gasteiger charge is 2.33. The topological polar surface area (TPSA) is 127 Å². The van der Waals surface area contributed by atoms with Crippen LogP contribution in [-0.2, 0) is 14.8 Å². The van der Waals surface area contributed by atoms with Gasteiger partial charge in [-0.1, -0.05) is 16.9 Å². The summed E-state index contributed by atoms with van der Waals surface area (Å²) in [4.78, 5) is 14.5. The van der Waals surface area contributed by atoms with Crippen molar-refractivity contribution in [1.82, 2.24) is 34.6 Å². The van der Waals surface area contributed by atoms with Crippen LogP contribution in [0.25, 0.3) is 0 Å². The van der Waals surface area contributed by atoms with Gasteiger partial charge in [0, 0.05) is 26.2 Å². The van der Waals surface area contributed by atoms with Gasteiger partial charge >= 0.3 is 0 Å². The molecule has 1 aliphatic carbocycles. The molecule has 2 aromatic heterocycles. The lowest BCUT2D eigenvalue weighted by atomic mass is 10.4. The molecule has 0 bridgehead atoms. The monoisotopic (exact) mass is 441 g/mol. The van der Waals surface area contributed by atoms with Crippen molar-refractivity contribution < 1.29 is 17.7 Å². The van der Waals surface area contributed by atoms with E-state index in [0.717, 1.165) is 12.8 Å². The number of hydrogen-bond donors (Lipinski definition) is 0. The number of tetrazole rings is 1. The van der Waals surface area contributed by atoms with Crippen molar-refractivity contribution in [2.45, 2.75) is 49.2 Å². The molecule has 29 heavy (non-hydrogen) atoms. The zero-order valence-corrected chi connectivity index (χ0v) is 17.9. The van der Waals surface area contributed by atoms with E-state index >= 15 is 0 Å². The van der Waals surface area contributed by atoms with Gasteiger partial charge in [0.15, 0.2) is 5.76 Å². The number of thioether (sulfide) groups is 1. The predicted molar refractivity (Wildman–Crippen MR) is 103 cm³/mol. The number of carbonyl (C=O) groups is 1. The molecule has 2 aromatic rings. The minimum absolute atomic E-state index is 0.0445. The van der Waals surface area contributed by atoms with Crippen molar-refractivity contribution in [1.29, 1.82) is 0 Å². The van der Waals surface area contributed by atoms with Crippen LogP contribution >= 0.6 is 11.8 Å². The lowest BCUT2D eigenvalue weighted by molar-refractivity contribution is -0.128. The third-order valence-electron chi connectivity index (χ3n) is 5.05. The highest BCUT2D eigenvalue weighted by Crippen LogP contribution is 2.36. The van der Waals surface area contributed by atoms with Gasteiger partial charge in [0.2, 0.25) is 21.1 Å². The fraction of sp³-hybridized carbons (Fsp3) is 0.688. The van der Waals surface area contributed by atoms with Gasteiger partial charge in [-0.25, -0.2) is 13.1 Å². The number of sulfonamides is 1. The normalized spacial score (nSPS) is 18.8. The van der Waals surface area contributed by atoms with E-state index in [0.29, 0.717) is 42.9 Å². The molecule has 1 saturated heterocycles. The molecule has 0 atom stereocenters. The third kappa shape index (κ3) is 4.16. The molecule has 2 fully saturated rings. The summed E-state index contributed by atoms with van der Waals surface area (Å²) >= 11 is 1.32. The smallest absolute Gasteiger partial charge is 0.248 e. The number of amides is 1. The Morgan fingerprint density at radius 1 is 1.21 bits per heavy atom. The molecule has 0 aromatic carbocycles. The second kappa shape index (κ2) is 8.03. The molecule has 0 spiro atoms. The molecule has 158 valence electrons. The first-order chi connectivity index (χ1) is 13.9. The molecule has 3 heterocycles.